The van der Waals surface area contributed by atoms with Crippen LogP contribution in [0, 0.1) is 0 Å². The molecule has 1 spiro atoms. The second kappa shape index (κ2) is 8.69. The van der Waals surface area contributed by atoms with Crippen molar-refractivity contribution in [1.29, 1.82) is 0 Å². The summed E-state index contributed by atoms with van der Waals surface area (Å²) < 4.78 is 0. The predicted octanol–water partition coefficient (Wildman–Crippen LogP) is 2.32. The highest BCUT2D eigenvalue weighted by Gasteiger charge is 2.55. The molecule has 6 rings (SSSR count). The molecule has 3 aliphatic heterocycles. The average molecular weight is 463 g/mol. The molecule has 180 valence electrons. The van der Waals surface area contributed by atoms with Gasteiger partial charge in [0.05, 0.1) is 11.9 Å². The zero-order valence-electron chi connectivity index (χ0n) is 20.0. The van der Waals surface area contributed by atoms with Crippen molar-refractivity contribution in [3.8, 4) is 0 Å². The molecule has 1 atom stereocenters. The van der Waals surface area contributed by atoms with E-state index in [2.05, 4.69) is 36.5 Å². The van der Waals surface area contributed by atoms with Crippen LogP contribution in [-0.4, -0.2) is 77.1 Å². The van der Waals surface area contributed by atoms with E-state index in [1.807, 2.05) is 30.4 Å². The van der Waals surface area contributed by atoms with E-state index in [9.17, 15) is 4.79 Å². The number of hydrogen-bond acceptors (Lipinski definition) is 8. The molecular formula is C25H34N8O. The van der Waals surface area contributed by atoms with E-state index in [1.54, 1.807) is 0 Å². The van der Waals surface area contributed by atoms with Gasteiger partial charge < -0.3 is 25.3 Å². The Morgan fingerprint density at radius 1 is 1.06 bits per heavy atom. The molecule has 3 fully saturated rings. The van der Waals surface area contributed by atoms with Gasteiger partial charge in [-0.1, -0.05) is 12.8 Å². The Morgan fingerprint density at radius 3 is 2.65 bits per heavy atom. The van der Waals surface area contributed by atoms with Crippen LogP contribution in [0.5, 0.6) is 0 Å². The van der Waals surface area contributed by atoms with Crippen molar-refractivity contribution in [2.45, 2.75) is 56.5 Å². The largest absolute Gasteiger partial charge is 0.368 e. The molecule has 2 saturated heterocycles. The minimum absolute atomic E-state index is 0.239. The number of carbonyl (C=O) groups excluding carboxylic acids is 1. The van der Waals surface area contributed by atoms with Crippen molar-refractivity contribution in [3.63, 3.8) is 0 Å². The molecule has 2 aromatic rings. The fourth-order valence-corrected chi connectivity index (χ4v) is 6.32. The molecule has 9 nitrogen and oxygen atoms in total. The first-order valence-electron chi connectivity index (χ1n) is 12.7. The molecule has 4 aliphatic rings. The fraction of sp³-hybridized carbons (Fsp3) is 0.600. The number of likely N-dealkylation sites (tertiary alicyclic amines) is 1. The molecule has 5 heterocycles. The average Bonchev–Trinajstić information content (AvgIpc) is 3.49. The van der Waals surface area contributed by atoms with E-state index < -0.39 is 5.54 Å². The zero-order chi connectivity index (χ0) is 23.1. The maximum absolute atomic E-state index is 13.5. The first kappa shape index (κ1) is 21.6. The van der Waals surface area contributed by atoms with Crippen LogP contribution in [0.1, 0.15) is 44.1 Å². The third kappa shape index (κ3) is 3.66. The molecule has 0 bridgehead atoms. The van der Waals surface area contributed by atoms with Crippen LogP contribution in [0.2, 0.25) is 0 Å². The number of aromatic nitrogens is 3. The predicted molar refractivity (Wildman–Crippen MR) is 133 cm³/mol. The van der Waals surface area contributed by atoms with E-state index in [1.165, 1.54) is 12.8 Å². The molecule has 1 saturated carbocycles. The second-order valence-electron chi connectivity index (χ2n) is 10.2. The summed E-state index contributed by atoms with van der Waals surface area (Å²) in [5.74, 6) is 2.44. The molecule has 0 radical (unpaired) electrons. The third-order valence-electron chi connectivity index (χ3n) is 8.00. The highest BCUT2D eigenvalue weighted by Crippen LogP contribution is 2.47. The number of carbonyl (C=O) groups is 1. The maximum atomic E-state index is 13.5. The minimum atomic E-state index is -0.499. The van der Waals surface area contributed by atoms with Crippen molar-refractivity contribution in [1.82, 2.24) is 25.2 Å². The number of pyridine rings is 1. The molecule has 2 N–H and O–H groups in total. The highest BCUT2D eigenvalue weighted by atomic mass is 16.2. The van der Waals surface area contributed by atoms with Crippen LogP contribution in [0.3, 0.4) is 0 Å². The number of nitrogens with one attached hydrogen (secondary N) is 2. The Bertz CT molecular complexity index is 1050. The van der Waals surface area contributed by atoms with Crippen molar-refractivity contribution < 1.29 is 4.79 Å². The summed E-state index contributed by atoms with van der Waals surface area (Å²) in [5, 5.41) is 6.68. The number of hydrogen-bond donors (Lipinski definition) is 2. The molecule has 1 unspecified atom stereocenters. The van der Waals surface area contributed by atoms with Crippen molar-refractivity contribution in [2.75, 3.05) is 54.9 Å². The molecule has 2 aromatic heterocycles. The van der Waals surface area contributed by atoms with E-state index >= 15 is 0 Å². The van der Waals surface area contributed by atoms with Crippen molar-refractivity contribution >= 4 is 29.2 Å². The van der Waals surface area contributed by atoms with Gasteiger partial charge in [0.25, 0.3) is 0 Å². The summed E-state index contributed by atoms with van der Waals surface area (Å²) in [5.41, 5.74) is 1.72. The lowest BCUT2D eigenvalue weighted by Gasteiger charge is -2.46. The fourth-order valence-electron chi connectivity index (χ4n) is 6.32. The van der Waals surface area contributed by atoms with Gasteiger partial charge in [-0.15, -0.1) is 0 Å². The number of nitrogens with zero attached hydrogens (tertiary/aromatic N) is 6. The number of amides is 1. The zero-order valence-corrected chi connectivity index (χ0v) is 20.0. The summed E-state index contributed by atoms with van der Waals surface area (Å²) in [4.78, 5) is 34.4. The Hall–Kier alpha value is -2.94. The molecular weight excluding hydrogens is 428 g/mol. The quantitative estimate of drug-likeness (QED) is 0.716. The standard InChI is InChI=1S/C25H34N8O/c1-31-12-4-9-25(23(31)34)15-18-16-28-24(30-22(18)33(25)19-5-2-3-6-19)29-21-8-7-20(17-27-21)32-13-10-26-11-14-32/h7-8,16-17,19,26H,2-6,9-15H2,1H3,(H,27,28,29,30). The summed E-state index contributed by atoms with van der Waals surface area (Å²) in [7, 11) is 1.94. The molecule has 34 heavy (non-hydrogen) atoms. The Balaban J connectivity index is 1.27. The van der Waals surface area contributed by atoms with Crippen LogP contribution >= 0.6 is 0 Å². The normalized spacial score (nSPS) is 25.3. The summed E-state index contributed by atoms with van der Waals surface area (Å²) in [6.07, 6.45) is 11.1. The SMILES string of the molecule is CN1CCCC2(Cc3cnc(Nc4ccc(N5CCNCC5)cn4)nc3N2C2CCCC2)C1=O. The number of rotatable bonds is 4. The Labute approximate surface area is 201 Å². The van der Waals surface area contributed by atoms with Gasteiger partial charge in [-0.25, -0.2) is 9.97 Å². The molecule has 1 aliphatic carbocycles. The van der Waals surface area contributed by atoms with Crippen LogP contribution in [0.25, 0.3) is 0 Å². The van der Waals surface area contributed by atoms with Gasteiger partial charge in [0.2, 0.25) is 11.9 Å². The molecule has 9 heteroatoms. The number of anilines is 4. The topological polar surface area (TPSA) is 89.5 Å². The minimum Gasteiger partial charge on any atom is -0.368 e. The van der Waals surface area contributed by atoms with Crippen LogP contribution in [-0.2, 0) is 11.2 Å². The van der Waals surface area contributed by atoms with Gasteiger partial charge in [0, 0.05) is 64.0 Å². The van der Waals surface area contributed by atoms with Crippen molar-refractivity contribution in [2.24, 2.45) is 0 Å². The Kier molecular flexibility index (Phi) is 5.51. The number of piperazine rings is 1. The lowest BCUT2D eigenvalue weighted by atomic mass is 9.83. The number of fused-ring (bicyclic) bond motifs is 1. The van der Waals surface area contributed by atoms with Gasteiger partial charge in [-0.3, -0.25) is 4.79 Å². The van der Waals surface area contributed by atoms with E-state index in [-0.39, 0.29) is 5.91 Å². The Morgan fingerprint density at radius 2 is 1.88 bits per heavy atom. The van der Waals surface area contributed by atoms with Gasteiger partial charge in [0.15, 0.2) is 0 Å². The monoisotopic (exact) mass is 462 g/mol. The number of likely N-dealkylation sites (N-methyl/N-ethyl adjacent to an activating group) is 1. The summed E-state index contributed by atoms with van der Waals surface area (Å²) in [6, 6.07) is 4.46. The maximum Gasteiger partial charge on any atom is 0.248 e. The van der Waals surface area contributed by atoms with Gasteiger partial charge in [-0.05, 0) is 37.8 Å². The second-order valence-corrected chi connectivity index (χ2v) is 10.2. The van der Waals surface area contributed by atoms with Gasteiger partial charge in [-0.2, -0.15) is 4.98 Å². The van der Waals surface area contributed by atoms with Crippen LogP contribution in [0.15, 0.2) is 24.5 Å². The molecule has 1 amide bonds. The van der Waals surface area contributed by atoms with Gasteiger partial charge >= 0.3 is 0 Å². The van der Waals surface area contributed by atoms with Gasteiger partial charge in [0.1, 0.15) is 17.2 Å². The lowest BCUT2D eigenvalue weighted by Crippen LogP contribution is -2.63. The van der Waals surface area contributed by atoms with Crippen LogP contribution in [0.4, 0.5) is 23.3 Å². The lowest BCUT2D eigenvalue weighted by molar-refractivity contribution is -0.138. The first-order chi connectivity index (χ1) is 16.6. The van der Waals surface area contributed by atoms with E-state index in [0.29, 0.717) is 18.4 Å². The van der Waals surface area contributed by atoms with E-state index in [4.69, 9.17) is 4.98 Å². The van der Waals surface area contributed by atoms with E-state index in [0.717, 1.165) is 81.3 Å². The summed E-state index contributed by atoms with van der Waals surface area (Å²) >= 11 is 0. The first-order valence-corrected chi connectivity index (χ1v) is 12.7. The smallest absolute Gasteiger partial charge is 0.248 e. The summed E-state index contributed by atoms with van der Waals surface area (Å²) in [6.45, 7) is 4.83. The third-order valence-corrected chi connectivity index (χ3v) is 8.00. The molecule has 0 aromatic carbocycles. The number of piperidine rings is 1. The highest BCUT2D eigenvalue weighted by molar-refractivity contribution is 5.93. The van der Waals surface area contributed by atoms with Crippen LogP contribution < -0.4 is 20.4 Å². The van der Waals surface area contributed by atoms with Crippen molar-refractivity contribution in [3.05, 3.63) is 30.1 Å².